The van der Waals surface area contributed by atoms with E-state index >= 15 is 0 Å². The van der Waals surface area contributed by atoms with E-state index in [0.717, 1.165) is 19.0 Å². The number of nitrogens with one attached hydrogen (secondary N) is 1. The third-order valence-corrected chi connectivity index (χ3v) is 2.87. The van der Waals surface area contributed by atoms with Gasteiger partial charge in [-0.25, -0.2) is 0 Å². The molecule has 1 aromatic rings. The van der Waals surface area contributed by atoms with Crippen LogP contribution in [0.4, 0.5) is 0 Å². The fourth-order valence-electron chi connectivity index (χ4n) is 1.87. The monoisotopic (exact) mass is 207 g/mol. The Balaban J connectivity index is 2.16. The highest BCUT2D eigenvalue weighted by Gasteiger charge is 2.27. The van der Waals surface area contributed by atoms with Gasteiger partial charge in [0.25, 0.3) is 0 Å². The molecule has 1 saturated carbocycles. The summed E-state index contributed by atoms with van der Waals surface area (Å²) >= 11 is 0. The first kappa shape index (κ1) is 10.7. The molecule has 3 heteroatoms. The predicted molar refractivity (Wildman–Crippen MR) is 62.0 cm³/mol. The molecule has 1 heterocycles. The molecule has 1 fully saturated rings. The second-order valence-electron chi connectivity index (χ2n) is 4.65. The van der Waals surface area contributed by atoms with Crippen molar-refractivity contribution in [1.29, 1.82) is 0 Å². The fourth-order valence-corrected chi connectivity index (χ4v) is 1.87. The topological polar surface area (TPSA) is 29.9 Å². The molecule has 1 aromatic heterocycles. The van der Waals surface area contributed by atoms with Crippen LogP contribution in [0.25, 0.3) is 0 Å². The molecule has 0 spiro atoms. The molecule has 0 aromatic carbocycles. The van der Waals surface area contributed by atoms with Gasteiger partial charge in [0, 0.05) is 18.5 Å². The van der Waals surface area contributed by atoms with Gasteiger partial charge in [-0.15, -0.1) is 0 Å². The molecule has 1 aliphatic carbocycles. The summed E-state index contributed by atoms with van der Waals surface area (Å²) in [5.74, 6) is 0.755. The van der Waals surface area contributed by atoms with Gasteiger partial charge in [0.2, 0.25) is 0 Å². The van der Waals surface area contributed by atoms with E-state index in [9.17, 15) is 0 Å². The van der Waals surface area contributed by atoms with Crippen LogP contribution in [0, 0.1) is 0 Å². The Kier molecular flexibility index (Phi) is 3.10. The summed E-state index contributed by atoms with van der Waals surface area (Å²) < 4.78 is 2.16. The SMILES string of the molecule is CCNCc1cc(C2CC2)nn1C(C)C. The summed E-state index contributed by atoms with van der Waals surface area (Å²) in [5.41, 5.74) is 2.63. The Morgan fingerprint density at radius 3 is 2.80 bits per heavy atom. The van der Waals surface area contributed by atoms with Gasteiger partial charge in [-0.1, -0.05) is 6.92 Å². The van der Waals surface area contributed by atoms with Crippen molar-refractivity contribution in [3.8, 4) is 0 Å². The van der Waals surface area contributed by atoms with Gasteiger partial charge >= 0.3 is 0 Å². The van der Waals surface area contributed by atoms with Crippen molar-refractivity contribution >= 4 is 0 Å². The average Bonchev–Trinajstić information content (AvgIpc) is 2.96. The molecule has 1 N–H and O–H groups in total. The van der Waals surface area contributed by atoms with E-state index in [0.29, 0.717) is 6.04 Å². The van der Waals surface area contributed by atoms with E-state index in [1.165, 1.54) is 24.2 Å². The maximum atomic E-state index is 4.70. The summed E-state index contributed by atoms with van der Waals surface area (Å²) in [7, 11) is 0. The maximum Gasteiger partial charge on any atom is 0.0659 e. The van der Waals surface area contributed by atoms with E-state index in [1.807, 2.05) is 0 Å². The van der Waals surface area contributed by atoms with Crippen molar-refractivity contribution in [2.24, 2.45) is 0 Å². The zero-order valence-electron chi connectivity index (χ0n) is 9.95. The van der Waals surface area contributed by atoms with Gasteiger partial charge < -0.3 is 5.32 Å². The highest BCUT2D eigenvalue weighted by molar-refractivity contribution is 5.19. The lowest BCUT2D eigenvalue weighted by Crippen LogP contribution is -2.17. The Hall–Kier alpha value is -0.830. The van der Waals surface area contributed by atoms with Crippen LogP contribution >= 0.6 is 0 Å². The van der Waals surface area contributed by atoms with Crippen LogP contribution in [0.15, 0.2) is 6.07 Å². The van der Waals surface area contributed by atoms with Gasteiger partial charge in [-0.3, -0.25) is 4.68 Å². The van der Waals surface area contributed by atoms with Crippen molar-refractivity contribution in [2.75, 3.05) is 6.54 Å². The summed E-state index contributed by atoms with van der Waals surface area (Å²) in [4.78, 5) is 0. The first-order valence-electron chi connectivity index (χ1n) is 6.01. The van der Waals surface area contributed by atoms with Gasteiger partial charge in [-0.2, -0.15) is 5.10 Å². The highest BCUT2D eigenvalue weighted by atomic mass is 15.3. The molecule has 2 rings (SSSR count). The minimum atomic E-state index is 0.464. The molecule has 0 amide bonds. The van der Waals surface area contributed by atoms with Crippen molar-refractivity contribution in [1.82, 2.24) is 15.1 Å². The molecule has 0 bridgehead atoms. The van der Waals surface area contributed by atoms with E-state index in [2.05, 4.69) is 36.8 Å². The second-order valence-corrected chi connectivity index (χ2v) is 4.65. The Morgan fingerprint density at radius 1 is 1.53 bits per heavy atom. The van der Waals surface area contributed by atoms with Crippen molar-refractivity contribution in [3.05, 3.63) is 17.5 Å². The van der Waals surface area contributed by atoms with E-state index < -0.39 is 0 Å². The van der Waals surface area contributed by atoms with Gasteiger partial charge in [0.15, 0.2) is 0 Å². The molecule has 0 radical (unpaired) electrons. The third kappa shape index (κ3) is 2.40. The van der Waals surface area contributed by atoms with Crippen molar-refractivity contribution in [3.63, 3.8) is 0 Å². The van der Waals surface area contributed by atoms with Crippen LogP contribution in [0.5, 0.6) is 0 Å². The van der Waals surface area contributed by atoms with Crippen LogP contribution in [0.3, 0.4) is 0 Å². The molecule has 0 aliphatic heterocycles. The van der Waals surface area contributed by atoms with Gasteiger partial charge in [0.05, 0.1) is 11.4 Å². The number of aromatic nitrogens is 2. The average molecular weight is 207 g/mol. The summed E-state index contributed by atoms with van der Waals surface area (Å²) in [6, 6.07) is 2.74. The molecule has 1 aliphatic rings. The van der Waals surface area contributed by atoms with Crippen LogP contribution in [-0.2, 0) is 6.54 Å². The minimum Gasteiger partial charge on any atom is -0.311 e. The highest BCUT2D eigenvalue weighted by Crippen LogP contribution is 2.39. The van der Waals surface area contributed by atoms with Crippen LogP contribution < -0.4 is 5.32 Å². The van der Waals surface area contributed by atoms with Gasteiger partial charge in [0.1, 0.15) is 0 Å². The Morgan fingerprint density at radius 2 is 2.27 bits per heavy atom. The van der Waals surface area contributed by atoms with E-state index in [-0.39, 0.29) is 0 Å². The molecular weight excluding hydrogens is 186 g/mol. The number of rotatable bonds is 5. The van der Waals surface area contributed by atoms with E-state index in [1.54, 1.807) is 0 Å². The Bertz CT molecular complexity index is 324. The molecule has 3 nitrogen and oxygen atoms in total. The lowest BCUT2D eigenvalue weighted by Gasteiger charge is -2.10. The van der Waals surface area contributed by atoms with Crippen molar-refractivity contribution in [2.45, 2.75) is 52.1 Å². The van der Waals surface area contributed by atoms with Crippen LogP contribution in [0.2, 0.25) is 0 Å². The fraction of sp³-hybridized carbons (Fsp3) is 0.750. The first-order chi connectivity index (χ1) is 7.22. The standard InChI is InChI=1S/C12H21N3/c1-4-13-8-11-7-12(10-5-6-10)14-15(11)9(2)3/h7,9-10,13H,4-6,8H2,1-3H3. The normalized spacial score (nSPS) is 16.3. The first-order valence-corrected chi connectivity index (χ1v) is 6.01. The number of hydrogen-bond acceptors (Lipinski definition) is 2. The van der Waals surface area contributed by atoms with Crippen molar-refractivity contribution < 1.29 is 0 Å². The van der Waals surface area contributed by atoms with Crippen LogP contribution in [-0.4, -0.2) is 16.3 Å². The second kappa shape index (κ2) is 4.35. The molecule has 0 unspecified atom stereocenters. The van der Waals surface area contributed by atoms with Gasteiger partial charge in [-0.05, 0) is 39.3 Å². The summed E-state index contributed by atoms with van der Waals surface area (Å²) in [6.07, 6.45) is 2.66. The lowest BCUT2D eigenvalue weighted by atomic mass is 10.2. The molecule has 0 saturated heterocycles. The predicted octanol–water partition coefficient (Wildman–Crippen LogP) is 2.45. The molecule has 84 valence electrons. The summed E-state index contributed by atoms with van der Waals surface area (Å²) in [5, 5.41) is 8.07. The molecule has 0 atom stereocenters. The van der Waals surface area contributed by atoms with E-state index in [4.69, 9.17) is 5.10 Å². The summed E-state index contributed by atoms with van der Waals surface area (Å²) in [6.45, 7) is 8.48. The minimum absolute atomic E-state index is 0.464. The number of nitrogens with zero attached hydrogens (tertiary/aromatic N) is 2. The molecular formula is C12H21N3. The third-order valence-electron chi connectivity index (χ3n) is 2.87. The zero-order chi connectivity index (χ0) is 10.8. The lowest BCUT2D eigenvalue weighted by molar-refractivity contribution is 0.494. The Labute approximate surface area is 91.9 Å². The zero-order valence-corrected chi connectivity index (χ0v) is 9.95. The molecule has 15 heavy (non-hydrogen) atoms. The largest absolute Gasteiger partial charge is 0.311 e. The quantitative estimate of drug-likeness (QED) is 0.803. The number of hydrogen-bond donors (Lipinski definition) is 1. The van der Waals surface area contributed by atoms with Crippen LogP contribution in [0.1, 0.15) is 57.0 Å². The smallest absolute Gasteiger partial charge is 0.0659 e. The maximum absolute atomic E-state index is 4.70.